The maximum absolute atomic E-state index is 14.5. The summed E-state index contributed by atoms with van der Waals surface area (Å²) in [6, 6.07) is 1.82. The average molecular weight is 573 g/mol. The summed E-state index contributed by atoms with van der Waals surface area (Å²) in [5.41, 5.74) is 0.577. The first-order chi connectivity index (χ1) is 18.1. The Morgan fingerprint density at radius 2 is 2.16 bits per heavy atom. The molecule has 1 aromatic carbocycles. The smallest absolute Gasteiger partial charge is 0.338 e. The third-order valence-corrected chi connectivity index (χ3v) is 7.00. The number of thiazole rings is 1. The fraction of sp³-hybridized carbons (Fsp3) is 0.417. The van der Waals surface area contributed by atoms with Crippen molar-refractivity contribution in [1.82, 2.24) is 15.2 Å². The Balaban J connectivity index is 1.76. The van der Waals surface area contributed by atoms with Gasteiger partial charge in [-0.15, -0.1) is 11.3 Å². The van der Waals surface area contributed by atoms with Gasteiger partial charge in [-0.1, -0.05) is 17.7 Å². The second-order valence-electron chi connectivity index (χ2n) is 8.65. The Morgan fingerprint density at radius 3 is 2.82 bits per heavy atom. The summed E-state index contributed by atoms with van der Waals surface area (Å²) in [6.07, 6.45) is 1.01. The number of aliphatic carboxylic acids is 1. The summed E-state index contributed by atoms with van der Waals surface area (Å²) in [7, 11) is 0. The Bertz CT molecular complexity index is 1260. The topological polar surface area (TPSA) is 113 Å². The molecule has 9 nitrogen and oxygen atoms in total. The molecule has 2 aliphatic rings. The quantitative estimate of drug-likeness (QED) is 0.415. The summed E-state index contributed by atoms with van der Waals surface area (Å²) in [6.45, 7) is -0.0154. The van der Waals surface area contributed by atoms with Crippen LogP contribution in [0.15, 0.2) is 46.0 Å². The van der Waals surface area contributed by atoms with E-state index in [1.807, 2.05) is 0 Å². The van der Waals surface area contributed by atoms with Gasteiger partial charge in [-0.3, -0.25) is 9.89 Å². The molecule has 38 heavy (non-hydrogen) atoms. The molecular weight excluding hydrogens is 549 g/mol. The number of hydrogen-bond donors (Lipinski definition) is 2. The molecule has 0 amide bonds. The molecule has 0 spiro atoms. The molecule has 0 radical (unpaired) electrons. The predicted octanol–water partition coefficient (Wildman–Crippen LogP) is 3.65. The summed E-state index contributed by atoms with van der Waals surface area (Å²) < 4.78 is 53.2. The van der Waals surface area contributed by atoms with Gasteiger partial charge in [0.15, 0.2) is 10.8 Å². The molecule has 2 aromatic rings. The maximum Gasteiger partial charge on any atom is 0.338 e. The van der Waals surface area contributed by atoms with Gasteiger partial charge in [0, 0.05) is 46.9 Å². The number of carbonyl (C=O) groups is 2. The molecular formula is C24H24ClF3N4O5S. The Morgan fingerprint density at radius 1 is 1.37 bits per heavy atom. The lowest BCUT2D eigenvalue weighted by Crippen LogP contribution is -2.42. The first kappa shape index (κ1) is 28.0. The summed E-state index contributed by atoms with van der Waals surface area (Å²) in [4.78, 5) is 34.4. The molecule has 4 rings (SSSR count). The van der Waals surface area contributed by atoms with Crippen LogP contribution in [0.5, 0.6) is 0 Å². The lowest BCUT2D eigenvalue weighted by molar-refractivity contribution is -0.143. The van der Waals surface area contributed by atoms with Crippen molar-refractivity contribution < 1.29 is 37.3 Å². The number of aromatic nitrogens is 1. The molecule has 0 saturated carbocycles. The van der Waals surface area contributed by atoms with Crippen molar-refractivity contribution in [2.75, 3.05) is 32.9 Å². The van der Waals surface area contributed by atoms with Crippen molar-refractivity contribution in [3.8, 4) is 0 Å². The van der Waals surface area contributed by atoms with E-state index in [-0.39, 0.29) is 41.9 Å². The molecule has 1 fully saturated rings. The summed E-state index contributed by atoms with van der Waals surface area (Å²) in [5, 5.41) is 14.1. The van der Waals surface area contributed by atoms with E-state index in [4.69, 9.17) is 26.2 Å². The average Bonchev–Trinajstić information content (AvgIpc) is 3.46. The Hall–Kier alpha value is -3.00. The van der Waals surface area contributed by atoms with Gasteiger partial charge >= 0.3 is 11.9 Å². The number of ether oxygens (including phenoxy) is 2. The van der Waals surface area contributed by atoms with Crippen molar-refractivity contribution >= 4 is 40.7 Å². The molecule has 0 aliphatic carbocycles. The number of nitrogens with one attached hydrogen (secondary N) is 1. The van der Waals surface area contributed by atoms with E-state index in [9.17, 15) is 22.8 Å². The molecule has 2 N–H and O–H groups in total. The van der Waals surface area contributed by atoms with E-state index in [1.165, 1.54) is 28.4 Å². The molecule has 2 atom stereocenters. The number of halogens is 4. The van der Waals surface area contributed by atoms with Crippen molar-refractivity contribution in [3.63, 3.8) is 0 Å². The lowest BCUT2D eigenvalue weighted by Gasteiger charge is -2.31. The van der Waals surface area contributed by atoms with Gasteiger partial charge in [0.2, 0.25) is 0 Å². The van der Waals surface area contributed by atoms with Crippen LogP contribution in [0.3, 0.4) is 0 Å². The van der Waals surface area contributed by atoms with Gasteiger partial charge < -0.3 is 19.9 Å². The van der Waals surface area contributed by atoms with Crippen LogP contribution in [0, 0.1) is 5.82 Å². The standard InChI is InChI=1S/C24H24ClF3N4O5S/c1-2-37-23(35)19-17(9-32-12-24(27,28)8-14(32)10-36-11-18(33)34)30-21(22-29-5-6-38-22)31-20(19)15-4-3-13(26)7-16(15)25/h3-7,14,20H,2,8-12H2,1H3,(H,30,31)(H,33,34). The second kappa shape index (κ2) is 11.8. The first-order valence-electron chi connectivity index (χ1n) is 11.6. The maximum atomic E-state index is 14.5. The molecule has 2 aliphatic heterocycles. The normalized spacial score (nSPS) is 21.2. The molecule has 1 aromatic heterocycles. The number of carboxylic acids is 1. The van der Waals surface area contributed by atoms with E-state index in [0.717, 1.165) is 6.07 Å². The number of hydrogen-bond acceptors (Lipinski definition) is 9. The van der Waals surface area contributed by atoms with Crippen LogP contribution < -0.4 is 5.32 Å². The number of alkyl halides is 2. The van der Waals surface area contributed by atoms with Crippen LogP contribution in [0.1, 0.15) is 30.0 Å². The van der Waals surface area contributed by atoms with Crippen LogP contribution in [0.2, 0.25) is 5.02 Å². The summed E-state index contributed by atoms with van der Waals surface area (Å²) in [5.74, 6) is -5.32. The monoisotopic (exact) mass is 572 g/mol. The van der Waals surface area contributed by atoms with Crippen molar-refractivity contribution in [2.24, 2.45) is 4.99 Å². The van der Waals surface area contributed by atoms with Crippen molar-refractivity contribution in [1.29, 1.82) is 0 Å². The van der Waals surface area contributed by atoms with Gasteiger partial charge in [-0.05, 0) is 19.1 Å². The molecule has 3 heterocycles. The highest BCUT2D eigenvalue weighted by Gasteiger charge is 2.46. The van der Waals surface area contributed by atoms with Gasteiger partial charge in [0.05, 0.1) is 25.3 Å². The number of esters is 1. The van der Waals surface area contributed by atoms with E-state index < -0.39 is 55.3 Å². The minimum Gasteiger partial charge on any atom is -0.480 e. The third kappa shape index (κ3) is 6.52. The fourth-order valence-electron chi connectivity index (χ4n) is 4.37. The zero-order valence-corrected chi connectivity index (χ0v) is 21.7. The lowest BCUT2D eigenvalue weighted by atomic mass is 9.95. The van der Waals surface area contributed by atoms with E-state index in [0.29, 0.717) is 10.6 Å². The summed E-state index contributed by atoms with van der Waals surface area (Å²) >= 11 is 7.62. The van der Waals surface area contributed by atoms with Crippen LogP contribution in [0.25, 0.3) is 0 Å². The molecule has 14 heteroatoms. The van der Waals surface area contributed by atoms with E-state index in [1.54, 1.807) is 18.5 Å². The molecule has 204 valence electrons. The zero-order valence-electron chi connectivity index (χ0n) is 20.1. The SMILES string of the molecule is CCOC(=O)C1=C(CN2CC(F)(F)CC2COCC(=O)O)NC(c2nccs2)=NC1c1ccc(F)cc1Cl. The number of carboxylic acid groups (broad SMARTS) is 1. The number of benzene rings is 1. The predicted molar refractivity (Wildman–Crippen MR) is 133 cm³/mol. The second-order valence-corrected chi connectivity index (χ2v) is 9.95. The van der Waals surface area contributed by atoms with Gasteiger partial charge in [0.1, 0.15) is 18.5 Å². The minimum absolute atomic E-state index is 0.0212. The first-order valence-corrected chi connectivity index (χ1v) is 12.8. The van der Waals surface area contributed by atoms with Crippen LogP contribution in [-0.2, 0) is 19.1 Å². The molecule has 1 saturated heterocycles. The van der Waals surface area contributed by atoms with Crippen molar-refractivity contribution in [2.45, 2.75) is 31.4 Å². The number of rotatable bonds is 10. The Labute approximate surface area is 224 Å². The molecule has 2 unspecified atom stereocenters. The highest BCUT2D eigenvalue weighted by molar-refractivity contribution is 7.11. The van der Waals surface area contributed by atoms with Gasteiger partial charge in [0.25, 0.3) is 5.92 Å². The van der Waals surface area contributed by atoms with Gasteiger partial charge in [-0.2, -0.15) is 0 Å². The number of nitrogens with zero attached hydrogens (tertiary/aromatic N) is 3. The van der Waals surface area contributed by atoms with Crippen LogP contribution in [-0.4, -0.2) is 77.6 Å². The highest BCUT2D eigenvalue weighted by atomic mass is 35.5. The Kier molecular flexibility index (Phi) is 8.71. The highest BCUT2D eigenvalue weighted by Crippen LogP contribution is 2.38. The number of aliphatic imine (C=N–C) groups is 1. The van der Waals surface area contributed by atoms with Gasteiger partial charge in [-0.25, -0.2) is 27.7 Å². The van der Waals surface area contributed by atoms with E-state index >= 15 is 0 Å². The minimum atomic E-state index is -3.05. The van der Waals surface area contributed by atoms with E-state index in [2.05, 4.69) is 15.3 Å². The van der Waals surface area contributed by atoms with Crippen molar-refractivity contribution in [3.05, 3.63) is 62.5 Å². The van der Waals surface area contributed by atoms with Crippen LogP contribution in [0.4, 0.5) is 13.2 Å². The zero-order chi connectivity index (χ0) is 27.4. The van der Waals surface area contributed by atoms with Crippen LogP contribution >= 0.6 is 22.9 Å². The number of carbonyl (C=O) groups excluding carboxylic acids is 1. The number of amidine groups is 1. The largest absolute Gasteiger partial charge is 0.480 e. The fourth-order valence-corrected chi connectivity index (χ4v) is 5.22. The third-order valence-electron chi connectivity index (χ3n) is 5.90. The number of likely N-dealkylation sites (tertiary alicyclic amines) is 1. The molecule has 0 bridgehead atoms.